The molecule has 0 amide bonds. The zero-order chi connectivity index (χ0) is 23.0. The molecule has 0 aromatic heterocycles. The fourth-order valence-electron chi connectivity index (χ4n) is 5.55. The minimum absolute atomic E-state index is 0.0175. The summed E-state index contributed by atoms with van der Waals surface area (Å²) in [6.45, 7) is 6.10. The van der Waals surface area contributed by atoms with Crippen LogP contribution in [0.25, 0.3) is 0 Å². The van der Waals surface area contributed by atoms with Gasteiger partial charge in [0.25, 0.3) is 0 Å². The lowest BCUT2D eigenvalue weighted by Gasteiger charge is -2.43. The zero-order valence-electron chi connectivity index (χ0n) is 19.3. The SMILES string of the molecule is COc1ccc(C2C(C(=O)OC3CCCCC3)=C(C)NC3=C2C(C)(C)CC(=O)C3)cc1Br. The molecule has 2 aliphatic carbocycles. The molecule has 0 spiro atoms. The van der Waals surface area contributed by atoms with Crippen molar-refractivity contribution in [2.75, 3.05) is 7.11 Å². The van der Waals surface area contributed by atoms with Crippen LogP contribution in [0.15, 0.2) is 45.2 Å². The smallest absolute Gasteiger partial charge is 0.337 e. The molecule has 1 atom stereocenters. The summed E-state index contributed by atoms with van der Waals surface area (Å²) in [6, 6.07) is 5.95. The van der Waals surface area contributed by atoms with Gasteiger partial charge in [0.15, 0.2) is 0 Å². The number of carbonyl (C=O) groups is 2. The van der Waals surface area contributed by atoms with E-state index in [4.69, 9.17) is 9.47 Å². The molecule has 0 saturated heterocycles. The van der Waals surface area contributed by atoms with Crippen LogP contribution in [-0.4, -0.2) is 25.0 Å². The molecule has 1 unspecified atom stereocenters. The second-order valence-electron chi connectivity index (χ2n) is 9.82. The normalized spacial score (nSPS) is 23.5. The molecule has 1 heterocycles. The molecule has 172 valence electrons. The average Bonchev–Trinajstić information content (AvgIpc) is 2.72. The topological polar surface area (TPSA) is 64.6 Å². The van der Waals surface area contributed by atoms with Gasteiger partial charge in [-0.25, -0.2) is 4.79 Å². The van der Waals surface area contributed by atoms with Crippen molar-refractivity contribution in [1.82, 2.24) is 5.32 Å². The number of carbonyl (C=O) groups excluding carboxylic acids is 2. The average molecular weight is 502 g/mol. The van der Waals surface area contributed by atoms with E-state index in [1.807, 2.05) is 25.1 Å². The van der Waals surface area contributed by atoms with E-state index in [0.717, 1.165) is 58.4 Å². The van der Waals surface area contributed by atoms with Crippen LogP contribution in [0.5, 0.6) is 5.75 Å². The third-order valence-electron chi connectivity index (χ3n) is 6.94. The molecule has 1 aliphatic heterocycles. The van der Waals surface area contributed by atoms with Crippen LogP contribution in [0, 0.1) is 5.41 Å². The Kier molecular flexibility index (Phi) is 6.53. The number of hydrogen-bond donors (Lipinski definition) is 1. The molecule has 1 fully saturated rings. The summed E-state index contributed by atoms with van der Waals surface area (Å²) in [5.74, 6) is 0.435. The number of ether oxygens (including phenoxy) is 2. The third kappa shape index (κ3) is 4.39. The van der Waals surface area contributed by atoms with Gasteiger partial charge in [-0.05, 0) is 77.2 Å². The Morgan fingerprint density at radius 3 is 2.56 bits per heavy atom. The summed E-state index contributed by atoms with van der Waals surface area (Å²) in [5.41, 5.74) is 4.07. The van der Waals surface area contributed by atoms with Gasteiger partial charge in [-0.15, -0.1) is 0 Å². The van der Waals surface area contributed by atoms with Crippen LogP contribution < -0.4 is 10.1 Å². The molecule has 1 aromatic rings. The largest absolute Gasteiger partial charge is 0.496 e. The number of hydrogen-bond acceptors (Lipinski definition) is 5. The Labute approximate surface area is 198 Å². The Bertz CT molecular complexity index is 1000. The van der Waals surface area contributed by atoms with Crippen molar-refractivity contribution in [3.8, 4) is 5.75 Å². The molecule has 3 aliphatic rings. The van der Waals surface area contributed by atoms with Gasteiger partial charge in [0.2, 0.25) is 0 Å². The van der Waals surface area contributed by atoms with Gasteiger partial charge in [0.05, 0.1) is 17.2 Å². The summed E-state index contributed by atoms with van der Waals surface area (Å²) in [6.07, 6.45) is 6.09. The summed E-state index contributed by atoms with van der Waals surface area (Å²) >= 11 is 3.61. The number of halogens is 1. The van der Waals surface area contributed by atoms with Crippen molar-refractivity contribution in [2.45, 2.75) is 77.7 Å². The number of methoxy groups -OCH3 is 1. The monoisotopic (exact) mass is 501 g/mol. The first-order chi connectivity index (χ1) is 15.2. The van der Waals surface area contributed by atoms with Crippen LogP contribution in [-0.2, 0) is 14.3 Å². The molecule has 4 rings (SSSR count). The Morgan fingerprint density at radius 2 is 1.91 bits per heavy atom. The van der Waals surface area contributed by atoms with Crippen molar-refractivity contribution < 1.29 is 19.1 Å². The van der Waals surface area contributed by atoms with E-state index in [1.165, 1.54) is 6.42 Å². The summed E-state index contributed by atoms with van der Waals surface area (Å²) in [4.78, 5) is 26.1. The molecule has 32 heavy (non-hydrogen) atoms. The van der Waals surface area contributed by atoms with Gasteiger partial charge in [-0.3, -0.25) is 4.79 Å². The third-order valence-corrected chi connectivity index (χ3v) is 7.56. The lowest BCUT2D eigenvalue weighted by molar-refractivity contribution is -0.146. The molecule has 1 N–H and O–H groups in total. The zero-order valence-corrected chi connectivity index (χ0v) is 20.9. The van der Waals surface area contributed by atoms with Gasteiger partial charge >= 0.3 is 5.97 Å². The number of ketones is 1. The van der Waals surface area contributed by atoms with Gasteiger partial charge in [-0.1, -0.05) is 26.3 Å². The maximum absolute atomic E-state index is 13.6. The van der Waals surface area contributed by atoms with Crippen LogP contribution >= 0.6 is 15.9 Å². The number of Topliss-reactive ketones (excluding diaryl/α,β-unsaturated/α-hetero) is 1. The van der Waals surface area contributed by atoms with E-state index in [9.17, 15) is 9.59 Å². The van der Waals surface area contributed by atoms with Crippen LogP contribution in [0.4, 0.5) is 0 Å². The highest BCUT2D eigenvalue weighted by Crippen LogP contribution is 2.51. The number of rotatable bonds is 4. The van der Waals surface area contributed by atoms with Crippen LogP contribution in [0.3, 0.4) is 0 Å². The van der Waals surface area contributed by atoms with Crippen molar-refractivity contribution in [1.29, 1.82) is 0 Å². The predicted molar refractivity (Wildman–Crippen MR) is 127 cm³/mol. The Morgan fingerprint density at radius 1 is 1.19 bits per heavy atom. The van der Waals surface area contributed by atoms with Crippen LogP contribution in [0.2, 0.25) is 0 Å². The highest BCUT2D eigenvalue weighted by atomic mass is 79.9. The lowest BCUT2D eigenvalue weighted by Crippen LogP contribution is -2.40. The number of benzene rings is 1. The number of esters is 1. The van der Waals surface area contributed by atoms with E-state index >= 15 is 0 Å². The van der Waals surface area contributed by atoms with Crippen molar-refractivity contribution in [3.63, 3.8) is 0 Å². The minimum Gasteiger partial charge on any atom is -0.496 e. The molecule has 5 nitrogen and oxygen atoms in total. The molecular formula is C26H32BrNO4. The second kappa shape index (κ2) is 9.05. The quantitative estimate of drug-likeness (QED) is 0.517. The van der Waals surface area contributed by atoms with Crippen molar-refractivity contribution in [2.24, 2.45) is 5.41 Å². The van der Waals surface area contributed by atoms with Gasteiger partial charge in [-0.2, -0.15) is 0 Å². The molecule has 0 radical (unpaired) electrons. The minimum atomic E-state index is -0.369. The first-order valence-electron chi connectivity index (χ1n) is 11.5. The highest BCUT2D eigenvalue weighted by molar-refractivity contribution is 9.10. The highest BCUT2D eigenvalue weighted by Gasteiger charge is 2.45. The van der Waals surface area contributed by atoms with E-state index in [-0.39, 0.29) is 29.2 Å². The van der Waals surface area contributed by atoms with Gasteiger partial charge in [0, 0.05) is 30.2 Å². The van der Waals surface area contributed by atoms with Gasteiger partial charge in [0.1, 0.15) is 17.6 Å². The van der Waals surface area contributed by atoms with E-state index in [1.54, 1.807) is 7.11 Å². The van der Waals surface area contributed by atoms with Crippen molar-refractivity contribution in [3.05, 3.63) is 50.8 Å². The number of allylic oxidation sites excluding steroid dienone is 3. The first kappa shape index (κ1) is 23.1. The van der Waals surface area contributed by atoms with Crippen molar-refractivity contribution >= 4 is 27.7 Å². The number of nitrogens with one attached hydrogen (secondary N) is 1. The van der Waals surface area contributed by atoms with E-state index in [2.05, 4.69) is 35.1 Å². The molecule has 6 heteroatoms. The fourth-order valence-corrected chi connectivity index (χ4v) is 6.11. The molecular weight excluding hydrogens is 470 g/mol. The summed E-state index contributed by atoms with van der Waals surface area (Å²) < 4.78 is 12.3. The molecule has 0 bridgehead atoms. The Balaban J connectivity index is 1.80. The van der Waals surface area contributed by atoms with Gasteiger partial charge < -0.3 is 14.8 Å². The predicted octanol–water partition coefficient (Wildman–Crippen LogP) is 5.94. The Hall–Kier alpha value is -2.08. The van der Waals surface area contributed by atoms with E-state index < -0.39 is 0 Å². The maximum atomic E-state index is 13.6. The summed E-state index contributed by atoms with van der Waals surface area (Å²) in [5, 5.41) is 3.41. The maximum Gasteiger partial charge on any atom is 0.337 e. The fraction of sp³-hybridized carbons (Fsp3) is 0.538. The molecule has 1 saturated carbocycles. The molecule has 1 aromatic carbocycles. The standard InChI is InChI=1S/C26H32BrNO4/c1-15-22(25(30)32-18-8-6-5-7-9-18)23(16-10-11-21(31-4)19(27)12-16)24-20(28-15)13-17(29)14-26(24,2)3/h10-12,18,23,28H,5-9,13-14H2,1-4H3. The number of dihydropyridines is 1. The summed E-state index contributed by atoms with van der Waals surface area (Å²) in [7, 11) is 1.64. The first-order valence-corrected chi connectivity index (χ1v) is 12.3. The van der Waals surface area contributed by atoms with E-state index in [0.29, 0.717) is 18.4 Å². The van der Waals surface area contributed by atoms with Crippen LogP contribution in [0.1, 0.15) is 77.2 Å². The second-order valence-corrected chi connectivity index (χ2v) is 10.7. The lowest BCUT2D eigenvalue weighted by atomic mass is 9.64.